The van der Waals surface area contributed by atoms with Gasteiger partial charge in [0.1, 0.15) is 0 Å². The molecule has 96 valence electrons. The average molecular weight is 255 g/mol. The SMILES string of the molecule is CCC(N)Cc1cc(Cl)ccc1N(C)C(C)C. The monoisotopic (exact) mass is 254 g/mol. The molecule has 2 N–H and O–H groups in total. The van der Waals surface area contributed by atoms with Crippen LogP contribution < -0.4 is 10.6 Å². The summed E-state index contributed by atoms with van der Waals surface area (Å²) in [6.45, 7) is 6.47. The van der Waals surface area contributed by atoms with Gasteiger partial charge in [0.05, 0.1) is 0 Å². The molecule has 0 radical (unpaired) electrons. The van der Waals surface area contributed by atoms with Crippen molar-refractivity contribution < 1.29 is 0 Å². The Labute approximate surface area is 110 Å². The number of hydrogen-bond acceptors (Lipinski definition) is 2. The van der Waals surface area contributed by atoms with E-state index in [0.29, 0.717) is 6.04 Å². The topological polar surface area (TPSA) is 29.3 Å². The van der Waals surface area contributed by atoms with Crippen LogP contribution in [0, 0.1) is 0 Å². The summed E-state index contributed by atoms with van der Waals surface area (Å²) in [5.74, 6) is 0. The van der Waals surface area contributed by atoms with Crippen molar-refractivity contribution in [3.63, 3.8) is 0 Å². The van der Waals surface area contributed by atoms with Crippen LogP contribution in [0.25, 0.3) is 0 Å². The van der Waals surface area contributed by atoms with Gasteiger partial charge in [-0.25, -0.2) is 0 Å². The van der Waals surface area contributed by atoms with Crippen molar-refractivity contribution in [1.29, 1.82) is 0 Å². The molecule has 0 saturated carbocycles. The first kappa shape index (κ1) is 14.3. The van der Waals surface area contributed by atoms with E-state index in [1.165, 1.54) is 11.3 Å². The predicted molar refractivity (Wildman–Crippen MR) is 77.0 cm³/mol. The number of nitrogens with two attached hydrogens (primary N) is 1. The lowest BCUT2D eigenvalue weighted by Crippen LogP contribution is -2.28. The van der Waals surface area contributed by atoms with Crippen LogP contribution in [0.1, 0.15) is 32.8 Å². The lowest BCUT2D eigenvalue weighted by atomic mass is 10.0. The van der Waals surface area contributed by atoms with Crippen molar-refractivity contribution in [1.82, 2.24) is 0 Å². The summed E-state index contributed by atoms with van der Waals surface area (Å²) in [4.78, 5) is 2.26. The maximum Gasteiger partial charge on any atom is 0.0410 e. The Kier molecular flexibility index (Phi) is 5.29. The molecular weight excluding hydrogens is 232 g/mol. The molecule has 0 fully saturated rings. The number of hydrogen-bond donors (Lipinski definition) is 1. The second-order valence-corrected chi connectivity index (χ2v) is 5.29. The second-order valence-electron chi connectivity index (χ2n) is 4.85. The molecule has 0 amide bonds. The Morgan fingerprint density at radius 2 is 2.00 bits per heavy atom. The molecule has 3 heteroatoms. The highest BCUT2D eigenvalue weighted by Gasteiger charge is 2.12. The van der Waals surface area contributed by atoms with Crippen LogP contribution in [0.15, 0.2) is 18.2 Å². The minimum absolute atomic E-state index is 0.202. The Morgan fingerprint density at radius 1 is 1.35 bits per heavy atom. The summed E-state index contributed by atoms with van der Waals surface area (Å²) in [5, 5.41) is 0.782. The van der Waals surface area contributed by atoms with Gasteiger partial charge in [0, 0.05) is 29.8 Å². The molecule has 1 aromatic carbocycles. The molecular formula is C14H23ClN2. The molecule has 0 aliphatic heterocycles. The smallest absolute Gasteiger partial charge is 0.0410 e. The molecule has 1 unspecified atom stereocenters. The minimum Gasteiger partial charge on any atom is -0.372 e. The van der Waals surface area contributed by atoms with E-state index >= 15 is 0 Å². The fraction of sp³-hybridized carbons (Fsp3) is 0.571. The first-order valence-electron chi connectivity index (χ1n) is 6.22. The van der Waals surface area contributed by atoms with Crippen LogP contribution in [-0.4, -0.2) is 19.1 Å². The van der Waals surface area contributed by atoms with E-state index in [4.69, 9.17) is 17.3 Å². The fourth-order valence-corrected chi connectivity index (χ4v) is 1.96. The van der Waals surface area contributed by atoms with E-state index in [-0.39, 0.29) is 6.04 Å². The van der Waals surface area contributed by atoms with E-state index < -0.39 is 0 Å². The summed E-state index contributed by atoms with van der Waals surface area (Å²) < 4.78 is 0. The third-order valence-corrected chi connectivity index (χ3v) is 3.44. The fourth-order valence-electron chi connectivity index (χ4n) is 1.77. The molecule has 2 nitrogen and oxygen atoms in total. The summed E-state index contributed by atoms with van der Waals surface area (Å²) in [5.41, 5.74) is 8.51. The van der Waals surface area contributed by atoms with Crippen molar-refractivity contribution >= 4 is 17.3 Å². The van der Waals surface area contributed by atoms with Gasteiger partial charge < -0.3 is 10.6 Å². The zero-order valence-corrected chi connectivity index (χ0v) is 12.0. The van der Waals surface area contributed by atoms with Crippen LogP contribution >= 0.6 is 11.6 Å². The summed E-state index contributed by atoms with van der Waals surface area (Å²) >= 11 is 6.07. The van der Waals surface area contributed by atoms with E-state index in [1.54, 1.807) is 0 Å². The van der Waals surface area contributed by atoms with Crippen LogP contribution in [0.2, 0.25) is 5.02 Å². The maximum atomic E-state index is 6.07. The standard InChI is InChI=1S/C14H23ClN2/c1-5-13(16)9-11-8-12(15)6-7-14(11)17(4)10(2)3/h6-8,10,13H,5,9,16H2,1-4H3. The van der Waals surface area contributed by atoms with Gasteiger partial charge in [-0.05, 0) is 50.5 Å². The zero-order chi connectivity index (χ0) is 13.0. The number of rotatable bonds is 5. The Hall–Kier alpha value is -0.730. The molecule has 0 spiro atoms. The highest BCUT2D eigenvalue weighted by atomic mass is 35.5. The Balaban J connectivity index is 3.03. The normalized spacial score (nSPS) is 12.9. The number of benzene rings is 1. The molecule has 1 rings (SSSR count). The molecule has 0 aromatic heterocycles. The Bertz CT molecular complexity index is 363. The van der Waals surface area contributed by atoms with Gasteiger partial charge in [0.25, 0.3) is 0 Å². The lowest BCUT2D eigenvalue weighted by Gasteiger charge is -2.27. The third kappa shape index (κ3) is 3.90. The van der Waals surface area contributed by atoms with Crippen molar-refractivity contribution in [2.24, 2.45) is 5.73 Å². The molecule has 0 heterocycles. The number of anilines is 1. The van der Waals surface area contributed by atoms with Crippen LogP contribution in [0.5, 0.6) is 0 Å². The predicted octanol–water partition coefficient (Wildman–Crippen LogP) is 3.46. The molecule has 0 aliphatic rings. The third-order valence-electron chi connectivity index (χ3n) is 3.20. The highest BCUT2D eigenvalue weighted by Crippen LogP contribution is 2.26. The number of nitrogens with zero attached hydrogens (tertiary/aromatic N) is 1. The quantitative estimate of drug-likeness (QED) is 0.872. The van der Waals surface area contributed by atoms with Gasteiger partial charge in [-0.2, -0.15) is 0 Å². The van der Waals surface area contributed by atoms with Gasteiger partial charge in [0.2, 0.25) is 0 Å². The van der Waals surface area contributed by atoms with E-state index in [0.717, 1.165) is 17.9 Å². The summed E-state index contributed by atoms with van der Waals surface area (Å²) in [6.07, 6.45) is 1.86. The van der Waals surface area contributed by atoms with Crippen molar-refractivity contribution in [3.8, 4) is 0 Å². The maximum absolute atomic E-state index is 6.07. The highest BCUT2D eigenvalue weighted by molar-refractivity contribution is 6.30. The van der Waals surface area contributed by atoms with Gasteiger partial charge in [-0.1, -0.05) is 18.5 Å². The summed E-state index contributed by atoms with van der Waals surface area (Å²) in [7, 11) is 2.11. The van der Waals surface area contributed by atoms with Crippen LogP contribution in [-0.2, 0) is 6.42 Å². The number of halogens is 1. The molecule has 17 heavy (non-hydrogen) atoms. The molecule has 1 atom stereocenters. The van der Waals surface area contributed by atoms with Gasteiger partial charge in [-0.3, -0.25) is 0 Å². The largest absolute Gasteiger partial charge is 0.372 e. The van der Waals surface area contributed by atoms with Crippen molar-refractivity contribution in [3.05, 3.63) is 28.8 Å². The van der Waals surface area contributed by atoms with Crippen LogP contribution in [0.3, 0.4) is 0 Å². The second kappa shape index (κ2) is 6.27. The Morgan fingerprint density at radius 3 is 2.53 bits per heavy atom. The van der Waals surface area contributed by atoms with E-state index in [1.807, 2.05) is 12.1 Å². The average Bonchev–Trinajstić information content (AvgIpc) is 2.28. The molecule has 0 aliphatic carbocycles. The van der Waals surface area contributed by atoms with Gasteiger partial charge in [0.15, 0.2) is 0 Å². The molecule has 1 aromatic rings. The van der Waals surface area contributed by atoms with Crippen molar-refractivity contribution in [2.45, 2.75) is 45.7 Å². The lowest BCUT2D eigenvalue weighted by molar-refractivity contribution is 0.642. The van der Waals surface area contributed by atoms with E-state index in [2.05, 4.69) is 38.8 Å². The molecule has 0 saturated heterocycles. The summed E-state index contributed by atoms with van der Waals surface area (Å²) in [6, 6.07) is 6.72. The van der Waals surface area contributed by atoms with Crippen molar-refractivity contribution in [2.75, 3.05) is 11.9 Å². The molecule has 0 bridgehead atoms. The van der Waals surface area contributed by atoms with Crippen LogP contribution in [0.4, 0.5) is 5.69 Å². The van der Waals surface area contributed by atoms with Gasteiger partial charge in [-0.15, -0.1) is 0 Å². The van der Waals surface area contributed by atoms with Gasteiger partial charge >= 0.3 is 0 Å². The minimum atomic E-state index is 0.202. The first-order valence-corrected chi connectivity index (χ1v) is 6.60. The van der Waals surface area contributed by atoms with E-state index in [9.17, 15) is 0 Å². The first-order chi connectivity index (χ1) is 7.95. The zero-order valence-electron chi connectivity index (χ0n) is 11.2.